The first-order valence-corrected chi connectivity index (χ1v) is 5.09. The van der Waals surface area contributed by atoms with Crippen molar-refractivity contribution in [1.82, 2.24) is 0 Å². The van der Waals surface area contributed by atoms with Gasteiger partial charge in [0.15, 0.2) is 0 Å². The second-order valence-electron chi connectivity index (χ2n) is 3.88. The zero-order valence-corrected chi connectivity index (χ0v) is 9.47. The van der Waals surface area contributed by atoms with Crippen molar-refractivity contribution in [3.63, 3.8) is 0 Å². The molecule has 0 unspecified atom stereocenters. The molecule has 3 heteroatoms. The van der Waals surface area contributed by atoms with Crippen LogP contribution in [-0.4, -0.2) is 5.11 Å². The Hall–Kier alpha value is -0.730. The van der Waals surface area contributed by atoms with Gasteiger partial charge in [0.25, 0.3) is 0 Å². The van der Waals surface area contributed by atoms with Crippen LogP contribution in [0.4, 0.5) is 0 Å². The van der Waals surface area contributed by atoms with E-state index in [1.54, 1.807) is 6.07 Å². The summed E-state index contributed by atoms with van der Waals surface area (Å²) < 4.78 is 0. The van der Waals surface area contributed by atoms with Crippen LogP contribution in [0.15, 0.2) is 12.1 Å². The van der Waals surface area contributed by atoms with Gasteiger partial charge in [0, 0.05) is 11.6 Å². The van der Waals surface area contributed by atoms with E-state index in [4.69, 9.17) is 17.3 Å². The number of hydrogen-bond acceptors (Lipinski definition) is 2. The fraction of sp³-hybridized carbons (Fsp3) is 0.455. The van der Waals surface area contributed by atoms with E-state index in [0.717, 1.165) is 5.56 Å². The zero-order valence-electron chi connectivity index (χ0n) is 8.71. The molecule has 1 atom stereocenters. The molecule has 0 aliphatic carbocycles. The Kier molecular flexibility index (Phi) is 3.40. The molecule has 0 bridgehead atoms. The highest BCUT2D eigenvalue weighted by Gasteiger charge is 2.12. The van der Waals surface area contributed by atoms with Gasteiger partial charge in [-0.1, -0.05) is 31.5 Å². The molecule has 1 aromatic carbocycles. The highest BCUT2D eigenvalue weighted by Crippen LogP contribution is 2.34. The highest BCUT2D eigenvalue weighted by molar-refractivity contribution is 6.32. The Bertz CT molecular complexity index is 334. The van der Waals surface area contributed by atoms with Crippen molar-refractivity contribution >= 4 is 11.6 Å². The average molecular weight is 214 g/mol. The van der Waals surface area contributed by atoms with Crippen LogP contribution in [-0.2, 0) is 0 Å². The molecule has 1 aromatic rings. The summed E-state index contributed by atoms with van der Waals surface area (Å²) in [6.07, 6.45) is 0. The predicted molar refractivity (Wildman–Crippen MR) is 59.8 cm³/mol. The summed E-state index contributed by atoms with van der Waals surface area (Å²) in [5.74, 6) is 0.483. The third kappa shape index (κ3) is 2.20. The monoisotopic (exact) mass is 213 g/mol. The van der Waals surface area contributed by atoms with Crippen LogP contribution in [0.2, 0.25) is 5.02 Å². The molecule has 0 aromatic heterocycles. The molecule has 3 N–H and O–H groups in total. The number of halogens is 1. The normalized spacial score (nSPS) is 13.3. The van der Waals surface area contributed by atoms with Crippen LogP contribution in [0.5, 0.6) is 5.75 Å². The Balaban J connectivity index is 3.28. The Morgan fingerprint density at radius 3 is 2.29 bits per heavy atom. The molecule has 0 saturated heterocycles. The van der Waals surface area contributed by atoms with Gasteiger partial charge < -0.3 is 10.8 Å². The summed E-state index contributed by atoms with van der Waals surface area (Å²) in [7, 11) is 0. The van der Waals surface area contributed by atoms with Gasteiger partial charge in [-0.3, -0.25) is 0 Å². The summed E-state index contributed by atoms with van der Waals surface area (Å²) in [5.41, 5.74) is 7.54. The molecular formula is C11H16ClNO. The molecule has 0 fully saturated rings. The van der Waals surface area contributed by atoms with E-state index >= 15 is 0 Å². The van der Waals surface area contributed by atoms with Gasteiger partial charge in [0.2, 0.25) is 0 Å². The van der Waals surface area contributed by atoms with E-state index in [1.165, 1.54) is 0 Å². The fourth-order valence-electron chi connectivity index (χ4n) is 1.32. The largest absolute Gasteiger partial charge is 0.506 e. The summed E-state index contributed by atoms with van der Waals surface area (Å²) in [6, 6.07) is 3.50. The highest BCUT2D eigenvalue weighted by atomic mass is 35.5. The maximum absolute atomic E-state index is 9.66. The topological polar surface area (TPSA) is 46.2 Å². The smallest absolute Gasteiger partial charge is 0.138 e. The second-order valence-corrected chi connectivity index (χ2v) is 4.29. The molecule has 2 nitrogen and oxygen atoms in total. The number of benzene rings is 1. The minimum absolute atomic E-state index is 0.103. The SMILES string of the molecule is CC(C)c1cc(Cl)c(O)c([C@H](C)N)c1. The van der Waals surface area contributed by atoms with Gasteiger partial charge in [0.1, 0.15) is 5.75 Å². The first kappa shape index (κ1) is 11.3. The molecule has 14 heavy (non-hydrogen) atoms. The number of hydrogen-bond donors (Lipinski definition) is 2. The van der Waals surface area contributed by atoms with Gasteiger partial charge in [-0.25, -0.2) is 0 Å². The molecular weight excluding hydrogens is 198 g/mol. The van der Waals surface area contributed by atoms with E-state index in [0.29, 0.717) is 16.5 Å². The number of phenolic OH excluding ortho intramolecular Hbond substituents is 1. The third-order valence-electron chi connectivity index (χ3n) is 2.27. The maximum Gasteiger partial charge on any atom is 0.138 e. The number of nitrogens with two attached hydrogens (primary N) is 1. The van der Waals surface area contributed by atoms with Crippen LogP contribution in [0.1, 0.15) is 43.9 Å². The number of rotatable bonds is 2. The van der Waals surface area contributed by atoms with Crippen molar-refractivity contribution in [3.05, 3.63) is 28.3 Å². The lowest BCUT2D eigenvalue weighted by Gasteiger charge is -2.14. The van der Waals surface area contributed by atoms with Gasteiger partial charge >= 0.3 is 0 Å². The van der Waals surface area contributed by atoms with Crippen LogP contribution in [0, 0.1) is 0 Å². The summed E-state index contributed by atoms with van der Waals surface area (Å²) in [5, 5.41) is 10.0. The van der Waals surface area contributed by atoms with E-state index in [2.05, 4.69) is 13.8 Å². The molecule has 78 valence electrons. The molecule has 0 saturated carbocycles. The second kappa shape index (κ2) is 4.20. The van der Waals surface area contributed by atoms with E-state index < -0.39 is 0 Å². The van der Waals surface area contributed by atoms with Crippen molar-refractivity contribution < 1.29 is 5.11 Å². The van der Waals surface area contributed by atoms with Crippen molar-refractivity contribution in [3.8, 4) is 5.75 Å². The Labute approximate surface area is 89.7 Å². The number of aromatic hydroxyl groups is 1. The van der Waals surface area contributed by atoms with Gasteiger partial charge in [-0.2, -0.15) is 0 Å². The lowest BCUT2D eigenvalue weighted by molar-refractivity contribution is 0.463. The van der Waals surface area contributed by atoms with Crippen molar-refractivity contribution in [2.24, 2.45) is 5.73 Å². The molecule has 1 rings (SSSR count). The minimum atomic E-state index is -0.203. The fourth-order valence-corrected chi connectivity index (χ4v) is 1.56. The van der Waals surface area contributed by atoms with E-state index in [9.17, 15) is 5.11 Å². The van der Waals surface area contributed by atoms with Crippen molar-refractivity contribution in [2.75, 3.05) is 0 Å². The third-order valence-corrected chi connectivity index (χ3v) is 2.56. The molecule has 0 amide bonds. The van der Waals surface area contributed by atoms with Crippen molar-refractivity contribution in [2.45, 2.75) is 32.7 Å². The molecule has 0 spiro atoms. The van der Waals surface area contributed by atoms with Crippen molar-refractivity contribution in [1.29, 1.82) is 0 Å². The molecule has 0 aliphatic rings. The minimum Gasteiger partial charge on any atom is -0.506 e. The lowest BCUT2D eigenvalue weighted by atomic mass is 9.97. The van der Waals surface area contributed by atoms with Crippen LogP contribution >= 0.6 is 11.6 Å². The summed E-state index contributed by atoms with van der Waals surface area (Å²) in [6.45, 7) is 5.98. The Morgan fingerprint density at radius 1 is 1.29 bits per heavy atom. The van der Waals surface area contributed by atoms with Gasteiger partial charge in [0.05, 0.1) is 5.02 Å². The quantitative estimate of drug-likeness (QED) is 0.793. The van der Waals surface area contributed by atoms with Gasteiger partial charge in [-0.15, -0.1) is 0 Å². The average Bonchev–Trinajstić information content (AvgIpc) is 2.08. The van der Waals surface area contributed by atoms with Crippen LogP contribution < -0.4 is 5.73 Å². The first-order chi connectivity index (χ1) is 6.43. The molecule has 0 aliphatic heterocycles. The maximum atomic E-state index is 9.66. The summed E-state index contributed by atoms with van der Waals surface area (Å²) in [4.78, 5) is 0. The summed E-state index contributed by atoms with van der Waals surface area (Å²) >= 11 is 5.90. The standard InChI is InChI=1S/C11H16ClNO/c1-6(2)8-4-9(7(3)13)11(14)10(12)5-8/h4-7,14H,13H2,1-3H3/t7-/m0/s1. The first-order valence-electron chi connectivity index (χ1n) is 4.71. The van der Waals surface area contributed by atoms with Crippen LogP contribution in [0.25, 0.3) is 0 Å². The van der Waals surface area contributed by atoms with Crippen LogP contribution in [0.3, 0.4) is 0 Å². The molecule has 0 heterocycles. The predicted octanol–water partition coefficient (Wildman–Crippen LogP) is 3.19. The lowest BCUT2D eigenvalue weighted by Crippen LogP contribution is -2.06. The zero-order chi connectivity index (χ0) is 10.9. The van der Waals surface area contributed by atoms with E-state index in [-0.39, 0.29) is 11.8 Å². The molecule has 0 radical (unpaired) electrons. The number of phenols is 1. The van der Waals surface area contributed by atoms with Gasteiger partial charge in [-0.05, 0) is 24.5 Å². The van der Waals surface area contributed by atoms with E-state index in [1.807, 2.05) is 13.0 Å². The Morgan fingerprint density at radius 2 is 1.86 bits per heavy atom.